The van der Waals surface area contributed by atoms with Crippen molar-refractivity contribution in [2.45, 2.75) is 6.42 Å². The van der Waals surface area contributed by atoms with Gasteiger partial charge in [-0.05, 0) is 20.0 Å². The monoisotopic (exact) mass is 231 g/mol. The van der Waals surface area contributed by atoms with Gasteiger partial charge in [0.15, 0.2) is 23.1 Å². The fourth-order valence-electron chi connectivity index (χ4n) is 1.41. The molecule has 0 aliphatic carbocycles. The molecule has 0 fully saturated rings. The van der Waals surface area contributed by atoms with E-state index in [-0.39, 0.29) is 23.5 Å². The largest absolute Gasteiger partial charge is 0.494 e. The standard InChI is InChI=1S/C11H15F2NO2/c1-14-5-4-7-10(12)8(15-2)6-9(16-3)11(7)13/h6,14H,4-5H2,1-3H3. The van der Waals surface area contributed by atoms with Gasteiger partial charge in [0, 0.05) is 11.6 Å². The molecule has 3 nitrogen and oxygen atoms in total. The van der Waals surface area contributed by atoms with Crippen LogP contribution in [0.4, 0.5) is 8.78 Å². The van der Waals surface area contributed by atoms with Gasteiger partial charge >= 0.3 is 0 Å². The molecule has 0 saturated heterocycles. The second-order valence-electron chi connectivity index (χ2n) is 3.24. The van der Waals surface area contributed by atoms with Crippen LogP contribution < -0.4 is 14.8 Å². The van der Waals surface area contributed by atoms with Gasteiger partial charge in [0.25, 0.3) is 0 Å². The zero-order valence-electron chi connectivity index (χ0n) is 9.56. The molecule has 0 spiro atoms. The van der Waals surface area contributed by atoms with E-state index < -0.39 is 11.6 Å². The summed E-state index contributed by atoms with van der Waals surface area (Å²) < 4.78 is 37.1. The molecule has 1 rings (SSSR count). The molecule has 0 bridgehead atoms. The molecule has 1 N–H and O–H groups in total. The van der Waals surface area contributed by atoms with Crippen molar-refractivity contribution in [3.8, 4) is 11.5 Å². The normalized spacial score (nSPS) is 10.3. The Morgan fingerprint density at radius 1 is 1.12 bits per heavy atom. The lowest BCUT2D eigenvalue weighted by atomic mass is 10.1. The summed E-state index contributed by atoms with van der Waals surface area (Å²) in [6, 6.07) is 1.20. The van der Waals surface area contributed by atoms with Gasteiger partial charge in [-0.2, -0.15) is 0 Å². The van der Waals surface area contributed by atoms with Crippen LogP contribution in [0, 0.1) is 11.6 Å². The van der Waals surface area contributed by atoms with Crippen LogP contribution in [-0.4, -0.2) is 27.8 Å². The van der Waals surface area contributed by atoms with E-state index in [1.54, 1.807) is 7.05 Å². The van der Waals surface area contributed by atoms with E-state index in [1.165, 1.54) is 20.3 Å². The quantitative estimate of drug-likeness (QED) is 0.837. The lowest BCUT2D eigenvalue weighted by Gasteiger charge is -2.12. The first-order chi connectivity index (χ1) is 7.65. The van der Waals surface area contributed by atoms with E-state index in [0.717, 1.165) is 0 Å². The third-order valence-corrected chi connectivity index (χ3v) is 2.29. The Kier molecular flexibility index (Phi) is 4.49. The zero-order chi connectivity index (χ0) is 12.1. The van der Waals surface area contributed by atoms with Gasteiger partial charge < -0.3 is 14.8 Å². The number of nitrogens with one attached hydrogen (secondary N) is 1. The second-order valence-corrected chi connectivity index (χ2v) is 3.24. The minimum atomic E-state index is -0.670. The number of benzene rings is 1. The van der Waals surface area contributed by atoms with Crippen LogP contribution in [0.5, 0.6) is 11.5 Å². The van der Waals surface area contributed by atoms with Crippen LogP contribution in [0.3, 0.4) is 0 Å². The summed E-state index contributed by atoms with van der Waals surface area (Å²) in [6.45, 7) is 0.476. The summed E-state index contributed by atoms with van der Waals surface area (Å²) in [5.41, 5.74) is -0.0226. The van der Waals surface area contributed by atoms with Crippen molar-refractivity contribution in [2.75, 3.05) is 27.8 Å². The van der Waals surface area contributed by atoms with Crippen molar-refractivity contribution in [3.05, 3.63) is 23.3 Å². The Morgan fingerprint density at radius 2 is 1.62 bits per heavy atom. The van der Waals surface area contributed by atoms with Crippen LogP contribution in [0.2, 0.25) is 0 Å². The summed E-state index contributed by atoms with van der Waals surface area (Å²) in [5, 5.41) is 2.83. The number of halogens is 2. The average molecular weight is 231 g/mol. The zero-order valence-corrected chi connectivity index (χ0v) is 9.56. The van der Waals surface area contributed by atoms with Crippen molar-refractivity contribution in [1.29, 1.82) is 0 Å². The van der Waals surface area contributed by atoms with Gasteiger partial charge in [-0.25, -0.2) is 8.78 Å². The predicted octanol–water partition coefficient (Wildman–Crippen LogP) is 1.74. The predicted molar refractivity (Wildman–Crippen MR) is 57.1 cm³/mol. The van der Waals surface area contributed by atoms with Crippen molar-refractivity contribution in [2.24, 2.45) is 0 Å². The van der Waals surface area contributed by atoms with E-state index in [0.29, 0.717) is 6.54 Å². The van der Waals surface area contributed by atoms with Crippen LogP contribution in [-0.2, 0) is 6.42 Å². The van der Waals surface area contributed by atoms with Crippen LogP contribution in [0.25, 0.3) is 0 Å². The van der Waals surface area contributed by atoms with Gasteiger partial charge in [0.05, 0.1) is 14.2 Å². The Hall–Kier alpha value is -1.36. The first-order valence-electron chi connectivity index (χ1n) is 4.89. The van der Waals surface area contributed by atoms with Crippen molar-refractivity contribution >= 4 is 0 Å². The maximum absolute atomic E-state index is 13.7. The first kappa shape index (κ1) is 12.7. The first-order valence-corrected chi connectivity index (χ1v) is 4.89. The molecule has 0 unspecified atom stereocenters. The number of hydrogen-bond donors (Lipinski definition) is 1. The highest BCUT2D eigenvalue weighted by Crippen LogP contribution is 2.31. The SMILES string of the molecule is CNCCc1c(F)c(OC)cc(OC)c1F. The molecule has 90 valence electrons. The highest BCUT2D eigenvalue weighted by atomic mass is 19.1. The minimum Gasteiger partial charge on any atom is -0.494 e. The van der Waals surface area contributed by atoms with E-state index in [4.69, 9.17) is 9.47 Å². The molecule has 5 heteroatoms. The molecular formula is C11H15F2NO2. The van der Waals surface area contributed by atoms with E-state index in [1.807, 2.05) is 0 Å². The molecule has 0 atom stereocenters. The van der Waals surface area contributed by atoms with E-state index in [2.05, 4.69) is 5.32 Å². The molecule has 1 aromatic carbocycles. The van der Waals surface area contributed by atoms with Gasteiger partial charge in [0.1, 0.15) is 0 Å². The van der Waals surface area contributed by atoms with Gasteiger partial charge in [-0.15, -0.1) is 0 Å². The molecule has 0 aliphatic rings. The number of ether oxygens (including phenoxy) is 2. The van der Waals surface area contributed by atoms with Gasteiger partial charge in [-0.3, -0.25) is 0 Å². The van der Waals surface area contributed by atoms with Gasteiger partial charge in [-0.1, -0.05) is 0 Å². The molecule has 0 saturated carbocycles. The lowest BCUT2D eigenvalue weighted by molar-refractivity contribution is 0.353. The average Bonchev–Trinajstić information content (AvgIpc) is 2.29. The maximum Gasteiger partial charge on any atom is 0.171 e. The number of likely N-dealkylation sites (N-methyl/N-ethyl adjacent to an activating group) is 1. The smallest absolute Gasteiger partial charge is 0.171 e. The topological polar surface area (TPSA) is 30.5 Å². The molecule has 0 aromatic heterocycles. The Labute approximate surface area is 93.4 Å². The third kappa shape index (κ3) is 2.41. The number of rotatable bonds is 5. The molecular weight excluding hydrogens is 216 g/mol. The van der Waals surface area contributed by atoms with Crippen LogP contribution in [0.1, 0.15) is 5.56 Å². The van der Waals surface area contributed by atoms with E-state index >= 15 is 0 Å². The van der Waals surface area contributed by atoms with Crippen LogP contribution >= 0.6 is 0 Å². The van der Waals surface area contributed by atoms with Crippen molar-refractivity contribution in [3.63, 3.8) is 0 Å². The van der Waals surface area contributed by atoms with Crippen LogP contribution in [0.15, 0.2) is 6.07 Å². The molecule has 0 radical (unpaired) electrons. The Balaban J connectivity index is 3.20. The minimum absolute atomic E-state index is 0.00986. The fourth-order valence-corrected chi connectivity index (χ4v) is 1.41. The fraction of sp³-hybridized carbons (Fsp3) is 0.455. The lowest BCUT2D eigenvalue weighted by Crippen LogP contribution is -2.13. The molecule has 0 aliphatic heterocycles. The molecule has 0 amide bonds. The maximum atomic E-state index is 13.7. The summed E-state index contributed by atoms with van der Waals surface area (Å²) in [7, 11) is 4.38. The van der Waals surface area contributed by atoms with Gasteiger partial charge in [0.2, 0.25) is 0 Å². The molecule has 1 aromatic rings. The highest BCUT2D eigenvalue weighted by Gasteiger charge is 2.19. The molecule has 0 heterocycles. The van der Waals surface area contributed by atoms with Crippen molar-refractivity contribution < 1.29 is 18.3 Å². The van der Waals surface area contributed by atoms with Crippen molar-refractivity contribution in [1.82, 2.24) is 5.32 Å². The highest BCUT2D eigenvalue weighted by molar-refractivity contribution is 5.41. The Morgan fingerprint density at radius 3 is 2.00 bits per heavy atom. The Bertz CT molecular complexity index is 341. The summed E-state index contributed by atoms with van der Waals surface area (Å²) in [4.78, 5) is 0. The summed E-state index contributed by atoms with van der Waals surface area (Å²) in [6.07, 6.45) is 0.238. The van der Waals surface area contributed by atoms with E-state index in [9.17, 15) is 8.78 Å². The third-order valence-electron chi connectivity index (χ3n) is 2.29. The number of hydrogen-bond acceptors (Lipinski definition) is 3. The number of methoxy groups -OCH3 is 2. The summed E-state index contributed by atoms with van der Waals surface area (Å²) in [5.74, 6) is -1.36. The summed E-state index contributed by atoms with van der Waals surface area (Å²) >= 11 is 0. The second kappa shape index (κ2) is 5.65. The molecule has 16 heavy (non-hydrogen) atoms.